The molecule has 0 fully saturated rings. The van der Waals surface area contributed by atoms with Crippen molar-refractivity contribution in [2.45, 2.75) is 63.6 Å². The summed E-state index contributed by atoms with van der Waals surface area (Å²) in [4.78, 5) is 13.4. The molecule has 3 aliphatic carbocycles. The standard InChI is InChI=1S/C40H41N3O/c1-4-5-7-14-28(3)31-24-30-22-21-27(2)23-36(30)43(26-38-34(25-31)32-17-11-13-20-37(32)44-38)40-41-35-19-12-10-18-33(35)39(42-40)29-15-8-6-9-16-29/h1,5-8,10-15,17-22,25,27,30,33-34,36,38-39H,9,16,23-24,26H2,2-3H3/b7-5-,28-14+,31-25+/t27?,30?,33?,34?,36?,38-,39?/m1/s1. The van der Waals surface area contributed by atoms with E-state index in [1.165, 1.54) is 22.3 Å². The minimum absolute atomic E-state index is 0.0471. The Bertz CT molecular complexity index is 1650. The number of terminal acetylenes is 1. The van der Waals surface area contributed by atoms with Crippen molar-refractivity contribution < 1.29 is 4.74 Å². The average molecular weight is 580 g/mol. The van der Waals surface area contributed by atoms with Gasteiger partial charge in [0.25, 0.3) is 0 Å². The maximum atomic E-state index is 6.79. The molecule has 6 unspecified atom stereocenters. The molecule has 0 N–H and O–H groups in total. The number of aliphatic imine (C=N–C) groups is 2. The van der Waals surface area contributed by atoms with Crippen molar-refractivity contribution in [2.75, 3.05) is 6.54 Å². The Morgan fingerprint density at radius 2 is 2.02 bits per heavy atom. The van der Waals surface area contributed by atoms with E-state index in [9.17, 15) is 0 Å². The van der Waals surface area contributed by atoms with Gasteiger partial charge in [-0.2, -0.15) is 0 Å². The Hall–Kier alpha value is -4.36. The number of fused-ring (bicyclic) bond motifs is 5. The van der Waals surface area contributed by atoms with E-state index in [1.54, 1.807) is 6.08 Å². The van der Waals surface area contributed by atoms with Crippen LogP contribution in [0.1, 0.15) is 51.0 Å². The predicted molar refractivity (Wildman–Crippen MR) is 182 cm³/mol. The van der Waals surface area contributed by atoms with Crippen LogP contribution in [0, 0.1) is 30.1 Å². The van der Waals surface area contributed by atoms with Crippen LogP contribution in [0.4, 0.5) is 0 Å². The van der Waals surface area contributed by atoms with Crippen molar-refractivity contribution >= 4 is 11.7 Å². The lowest BCUT2D eigenvalue weighted by atomic mass is 9.79. The van der Waals surface area contributed by atoms with E-state index in [-0.39, 0.29) is 30.0 Å². The highest BCUT2D eigenvalue weighted by molar-refractivity contribution is 6.08. The molecule has 4 nitrogen and oxygen atoms in total. The smallest absolute Gasteiger partial charge is 0.221 e. The fraction of sp³-hybridized carbons (Fsp3) is 0.350. The van der Waals surface area contributed by atoms with Gasteiger partial charge in [-0.1, -0.05) is 97.9 Å². The van der Waals surface area contributed by atoms with Gasteiger partial charge in [0.2, 0.25) is 5.96 Å². The van der Waals surface area contributed by atoms with Crippen molar-refractivity contribution in [3.63, 3.8) is 0 Å². The number of hydrogen-bond acceptors (Lipinski definition) is 4. The number of ether oxygens (including phenoxy) is 1. The third-order valence-corrected chi connectivity index (χ3v) is 9.95. The Morgan fingerprint density at radius 3 is 2.89 bits per heavy atom. The quantitative estimate of drug-likeness (QED) is 0.206. The highest BCUT2D eigenvalue weighted by Crippen LogP contribution is 2.44. The third kappa shape index (κ3) is 5.52. The zero-order chi connectivity index (χ0) is 30.0. The first-order valence-electron chi connectivity index (χ1n) is 16.2. The molecule has 4 heteroatoms. The summed E-state index contributed by atoms with van der Waals surface area (Å²) in [5.41, 5.74) is 6.36. The Balaban J connectivity index is 1.34. The molecule has 1 aromatic rings. The van der Waals surface area contributed by atoms with Crippen molar-refractivity contribution in [3.8, 4) is 18.1 Å². The fourth-order valence-corrected chi connectivity index (χ4v) is 7.65. The lowest BCUT2D eigenvalue weighted by molar-refractivity contribution is 0.133. The summed E-state index contributed by atoms with van der Waals surface area (Å²) in [6.07, 6.45) is 38.3. The molecular formula is C40H41N3O. The summed E-state index contributed by atoms with van der Waals surface area (Å²) in [6.45, 7) is 5.27. The molecule has 6 aliphatic rings. The van der Waals surface area contributed by atoms with Gasteiger partial charge < -0.3 is 9.64 Å². The zero-order valence-electron chi connectivity index (χ0n) is 25.7. The van der Waals surface area contributed by atoms with Crippen LogP contribution >= 0.6 is 0 Å². The number of rotatable bonds is 3. The molecule has 0 radical (unpaired) electrons. The maximum Gasteiger partial charge on any atom is 0.221 e. The fourth-order valence-electron chi connectivity index (χ4n) is 7.65. The number of guanidine groups is 1. The summed E-state index contributed by atoms with van der Waals surface area (Å²) in [6, 6.07) is 8.85. The largest absolute Gasteiger partial charge is 0.487 e. The highest BCUT2D eigenvalue weighted by Gasteiger charge is 2.42. The monoisotopic (exact) mass is 579 g/mol. The molecule has 3 heterocycles. The van der Waals surface area contributed by atoms with E-state index in [1.807, 2.05) is 6.08 Å². The molecule has 1 aromatic carbocycles. The summed E-state index contributed by atoms with van der Waals surface area (Å²) < 4.78 is 6.79. The van der Waals surface area contributed by atoms with Crippen LogP contribution in [0.5, 0.6) is 5.75 Å². The van der Waals surface area contributed by atoms with Gasteiger partial charge in [0, 0.05) is 29.4 Å². The number of hydrogen-bond donors (Lipinski definition) is 0. The van der Waals surface area contributed by atoms with Crippen LogP contribution in [0.25, 0.3) is 0 Å². The van der Waals surface area contributed by atoms with E-state index in [2.05, 4.69) is 116 Å². The van der Waals surface area contributed by atoms with E-state index in [4.69, 9.17) is 21.1 Å². The lowest BCUT2D eigenvalue weighted by Crippen LogP contribution is -2.51. The molecule has 0 saturated carbocycles. The van der Waals surface area contributed by atoms with Crippen molar-refractivity contribution in [2.24, 2.45) is 27.7 Å². The number of para-hydroxylation sites is 1. The highest BCUT2D eigenvalue weighted by atomic mass is 16.5. The first kappa shape index (κ1) is 28.4. The van der Waals surface area contributed by atoms with E-state index < -0.39 is 0 Å². The normalized spacial score (nSPS) is 33.6. The first-order valence-corrected chi connectivity index (χ1v) is 16.2. The molecule has 44 heavy (non-hydrogen) atoms. The van der Waals surface area contributed by atoms with Gasteiger partial charge in [0.1, 0.15) is 11.9 Å². The zero-order valence-corrected chi connectivity index (χ0v) is 25.7. The Morgan fingerprint density at radius 1 is 1.11 bits per heavy atom. The van der Waals surface area contributed by atoms with Gasteiger partial charge in [-0.3, -0.25) is 0 Å². The minimum Gasteiger partial charge on any atom is -0.487 e. The molecule has 7 rings (SSSR count). The summed E-state index contributed by atoms with van der Waals surface area (Å²) >= 11 is 0. The minimum atomic E-state index is -0.0471. The van der Waals surface area contributed by atoms with Crippen LogP contribution in [-0.4, -0.2) is 41.3 Å². The van der Waals surface area contributed by atoms with Crippen LogP contribution in [0.3, 0.4) is 0 Å². The lowest BCUT2D eigenvalue weighted by Gasteiger charge is -2.43. The molecule has 222 valence electrons. The summed E-state index contributed by atoms with van der Waals surface area (Å²) in [5, 5.41) is 0. The molecule has 7 atom stereocenters. The van der Waals surface area contributed by atoms with Crippen molar-refractivity contribution in [1.82, 2.24) is 4.90 Å². The van der Waals surface area contributed by atoms with Crippen LogP contribution in [-0.2, 0) is 0 Å². The molecule has 0 bridgehead atoms. The first-order chi connectivity index (χ1) is 21.6. The van der Waals surface area contributed by atoms with Crippen LogP contribution in [0.2, 0.25) is 0 Å². The second-order valence-corrected chi connectivity index (χ2v) is 12.9. The molecule has 3 aliphatic heterocycles. The Labute approximate surface area is 262 Å². The number of allylic oxidation sites excluding steroid dienone is 12. The Kier molecular flexibility index (Phi) is 7.96. The average Bonchev–Trinajstić information content (AvgIpc) is 3.42. The van der Waals surface area contributed by atoms with Crippen LogP contribution in [0.15, 0.2) is 130 Å². The number of benzene rings is 1. The van der Waals surface area contributed by atoms with Crippen molar-refractivity contribution in [3.05, 3.63) is 126 Å². The third-order valence-electron chi connectivity index (χ3n) is 9.95. The van der Waals surface area contributed by atoms with Gasteiger partial charge in [-0.25, -0.2) is 9.98 Å². The van der Waals surface area contributed by atoms with E-state index >= 15 is 0 Å². The van der Waals surface area contributed by atoms with Crippen molar-refractivity contribution in [1.29, 1.82) is 0 Å². The molecule has 0 spiro atoms. The molecule has 0 amide bonds. The van der Waals surface area contributed by atoms with Gasteiger partial charge in [0.05, 0.1) is 18.3 Å². The van der Waals surface area contributed by atoms with E-state index in [0.29, 0.717) is 11.8 Å². The second-order valence-electron chi connectivity index (χ2n) is 12.9. The van der Waals surface area contributed by atoms with E-state index in [0.717, 1.165) is 49.6 Å². The summed E-state index contributed by atoms with van der Waals surface area (Å²) in [7, 11) is 0. The van der Waals surface area contributed by atoms with Gasteiger partial charge in [-0.05, 0) is 73.5 Å². The van der Waals surface area contributed by atoms with Gasteiger partial charge in [-0.15, -0.1) is 6.42 Å². The number of nitrogens with zero attached hydrogens (tertiary/aromatic N) is 3. The van der Waals surface area contributed by atoms with Crippen LogP contribution < -0.4 is 4.74 Å². The molecule has 0 saturated heterocycles. The molecular weight excluding hydrogens is 538 g/mol. The van der Waals surface area contributed by atoms with Gasteiger partial charge >= 0.3 is 0 Å². The second kappa shape index (κ2) is 12.3. The topological polar surface area (TPSA) is 37.2 Å². The SMILES string of the molecule is C#C\C=C/C=C(C)/C1=C/C2c3ccccc3O[C@@H]2CN(C2=NC(C3=CC=CCC3)C3C=CC=CC3=N2)C2CC(C)C=CC2C1. The predicted octanol–water partition coefficient (Wildman–Crippen LogP) is 8.08. The summed E-state index contributed by atoms with van der Waals surface area (Å²) in [5.74, 6) is 5.58. The molecule has 0 aromatic heterocycles. The maximum absolute atomic E-state index is 6.79. The van der Waals surface area contributed by atoms with Gasteiger partial charge in [0.15, 0.2) is 0 Å².